The molecule has 2 aromatic rings. The van der Waals surface area contributed by atoms with Crippen molar-refractivity contribution in [1.82, 2.24) is 4.90 Å². The first kappa shape index (κ1) is 17.9. The minimum atomic E-state index is 0.0289. The molecule has 3 rings (SSSR count). The molecule has 1 fully saturated rings. The largest absolute Gasteiger partial charge is 0.497 e. The van der Waals surface area contributed by atoms with Crippen LogP contribution in [0.25, 0.3) is 6.08 Å². The van der Waals surface area contributed by atoms with Gasteiger partial charge in [-0.25, -0.2) is 0 Å². The molecule has 5 heteroatoms. The van der Waals surface area contributed by atoms with Gasteiger partial charge in [0.2, 0.25) is 5.91 Å². The Morgan fingerprint density at radius 1 is 0.962 bits per heavy atom. The second kappa shape index (κ2) is 8.43. The highest BCUT2D eigenvalue weighted by Crippen LogP contribution is 2.22. The van der Waals surface area contributed by atoms with Gasteiger partial charge in [-0.15, -0.1) is 0 Å². The minimum absolute atomic E-state index is 0.0289. The number of hydrogen-bond donors (Lipinski definition) is 0. The predicted octanol–water partition coefficient (Wildman–Crippen LogP) is 3.07. The second-order valence-electron chi connectivity index (χ2n) is 6.09. The van der Waals surface area contributed by atoms with Gasteiger partial charge < -0.3 is 19.3 Å². The monoisotopic (exact) mass is 352 g/mol. The molecule has 1 heterocycles. The zero-order valence-electron chi connectivity index (χ0n) is 15.2. The van der Waals surface area contributed by atoms with Crippen molar-refractivity contribution in [1.29, 1.82) is 0 Å². The summed E-state index contributed by atoms with van der Waals surface area (Å²) in [5.41, 5.74) is 2.03. The molecule has 2 aromatic carbocycles. The number of nitrogens with zero attached hydrogens (tertiary/aromatic N) is 2. The van der Waals surface area contributed by atoms with Crippen LogP contribution in [0, 0.1) is 0 Å². The van der Waals surface area contributed by atoms with Crippen molar-refractivity contribution >= 4 is 17.7 Å². The molecule has 1 aliphatic heterocycles. The van der Waals surface area contributed by atoms with Gasteiger partial charge in [-0.05, 0) is 24.3 Å². The predicted molar refractivity (Wildman–Crippen MR) is 104 cm³/mol. The number of methoxy groups -OCH3 is 2. The first-order chi connectivity index (χ1) is 12.7. The topological polar surface area (TPSA) is 42.0 Å². The van der Waals surface area contributed by atoms with Gasteiger partial charge in [0.05, 0.1) is 14.2 Å². The van der Waals surface area contributed by atoms with Gasteiger partial charge in [0.25, 0.3) is 0 Å². The van der Waals surface area contributed by atoms with Gasteiger partial charge in [0.1, 0.15) is 11.5 Å². The van der Waals surface area contributed by atoms with E-state index in [1.54, 1.807) is 20.3 Å². The molecule has 0 aromatic heterocycles. The lowest BCUT2D eigenvalue weighted by Gasteiger charge is -2.35. The summed E-state index contributed by atoms with van der Waals surface area (Å²) in [6, 6.07) is 15.7. The van der Waals surface area contributed by atoms with Crippen LogP contribution in [0.1, 0.15) is 5.56 Å². The van der Waals surface area contributed by atoms with E-state index in [0.717, 1.165) is 35.8 Å². The zero-order chi connectivity index (χ0) is 18.4. The molecule has 26 heavy (non-hydrogen) atoms. The standard InChI is InChI=1S/C21H24N2O3/c1-25-19-8-5-7-18(16-19)22-12-14-23(15-13-22)21(24)11-10-17-6-3-4-9-20(17)26-2/h3-11,16H,12-15H2,1-2H3. The van der Waals surface area contributed by atoms with Gasteiger partial charge in [-0.2, -0.15) is 0 Å². The Morgan fingerprint density at radius 2 is 1.73 bits per heavy atom. The Bertz CT molecular complexity index is 780. The molecule has 0 radical (unpaired) electrons. The molecule has 5 nitrogen and oxygen atoms in total. The van der Waals surface area contributed by atoms with Crippen molar-refractivity contribution in [2.24, 2.45) is 0 Å². The first-order valence-corrected chi connectivity index (χ1v) is 8.70. The molecular formula is C21H24N2O3. The van der Waals surface area contributed by atoms with E-state index in [2.05, 4.69) is 11.0 Å². The van der Waals surface area contributed by atoms with E-state index in [1.165, 1.54) is 0 Å². The maximum atomic E-state index is 12.5. The normalized spacial score (nSPS) is 14.5. The number of para-hydroxylation sites is 1. The highest BCUT2D eigenvalue weighted by molar-refractivity contribution is 5.92. The van der Waals surface area contributed by atoms with E-state index in [1.807, 2.05) is 53.4 Å². The summed E-state index contributed by atoms with van der Waals surface area (Å²) in [6.07, 6.45) is 3.44. The third kappa shape index (κ3) is 4.17. The first-order valence-electron chi connectivity index (χ1n) is 8.70. The fourth-order valence-electron chi connectivity index (χ4n) is 3.06. The van der Waals surface area contributed by atoms with Crippen LogP contribution >= 0.6 is 0 Å². The quantitative estimate of drug-likeness (QED) is 0.776. The van der Waals surface area contributed by atoms with E-state index in [-0.39, 0.29) is 5.91 Å². The molecule has 0 N–H and O–H groups in total. The summed E-state index contributed by atoms with van der Waals surface area (Å²) in [5.74, 6) is 1.64. The Hall–Kier alpha value is -2.95. The van der Waals surface area contributed by atoms with Crippen LogP contribution in [-0.4, -0.2) is 51.2 Å². The number of benzene rings is 2. The Morgan fingerprint density at radius 3 is 2.46 bits per heavy atom. The lowest BCUT2D eigenvalue weighted by molar-refractivity contribution is -0.126. The van der Waals surface area contributed by atoms with Gasteiger partial charge in [-0.1, -0.05) is 24.3 Å². The summed E-state index contributed by atoms with van der Waals surface area (Å²) >= 11 is 0. The third-order valence-corrected chi connectivity index (χ3v) is 4.55. The van der Waals surface area contributed by atoms with Crippen LogP contribution < -0.4 is 14.4 Å². The molecule has 1 amide bonds. The molecule has 0 spiro atoms. The van der Waals surface area contributed by atoms with E-state index in [0.29, 0.717) is 13.1 Å². The van der Waals surface area contributed by atoms with E-state index < -0.39 is 0 Å². The van der Waals surface area contributed by atoms with Gasteiger partial charge in [0, 0.05) is 49.6 Å². The number of hydrogen-bond acceptors (Lipinski definition) is 4. The van der Waals surface area contributed by atoms with Crippen LogP contribution in [0.5, 0.6) is 11.5 Å². The lowest BCUT2D eigenvalue weighted by Crippen LogP contribution is -2.48. The van der Waals surface area contributed by atoms with Crippen molar-refractivity contribution in [2.45, 2.75) is 0 Å². The van der Waals surface area contributed by atoms with Crippen molar-refractivity contribution in [3.63, 3.8) is 0 Å². The molecule has 136 valence electrons. The van der Waals surface area contributed by atoms with Crippen molar-refractivity contribution in [2.75, 3.05) is 45.3 Å². The number of anilines is 1. The number of ether oxygens (including phenoxy) is 2. The maximum absolute atomic E-state index is 12.5. The van der Waals surface area contributed by atoms with Crippen molar-refractivity contribution < 1.29 is 14.3 Å². The summed E-state index contributed by atoms with van der Waals surface area (Å²) in [6.45, 7) is 3.02. The summed E-state index contributed by atoms with van der Waals surface area (Å²) in [4.78, 5) is 16.6. The number of rotatable bonds is 5. The van der Waals surface area contributed by atoms with Gasteiger partial charge in [0.15, 0.2) is 0 Å². The number of carbonyl (C=O) groups is 1. The third-order valence-electron chi connectivity index (χ3n) is 4.55. The summed E-state index contributed by atoms with van der Waals surface area (Å²) in [7, 11) is 3.30. The molecular weight excluding hydrogens is 328 g/mol. The molecule has 0 saturated carbocycles. The average Bonchev–Trinajstić information content (AvgIpc) is 2.72. The highest BCUT2D eigenvalue weighted by Gasteiger charge is 2.20. The van der Waals surface area contributed by atoms with Crippen LogP contribution in [-0.2, 0) is 4.79 Å². The van der Waals surface area contributed by atoms with Crippen LogP contribution in [0.4, 0.5) is 5.69 Å². The van der Waals surface area contributed by atoms with Crippen LogP contribution in [0.15, 0.2) is 54.6 Å². The summed E-state index contributed by atoms with van der Waals surface area (Å²) in [5, 5.41) is 0. The van der Waals surface area contributed by atoms with E-state index in [4.69, 9.17) is 9.47 Å². The zero-order valence-corrected chi connectivity index (χ0v) is 15.2. The van der Waals surface area contributed by atoms with Crippen molar-refractivity contribution in [3.8, 4) is 11.5 Å². The molecule has 0 atom stereocenters. The van der Waals surface area contributed by atoms with Crippen molar-refractivity contribution in [3.05, 3.63) is 60.2 Å². The molecule has 0 unspecified atom stereocenters. The molecule has 0 aliphatic carbocycles. The SMILES string of the molecule is COc1cccc(N2CCN(C(=O)C=Cc3ccccc3OC)CC2)c1. The Balaban J connectivity index is 1.59. The summed E-state index contributed by atoms with van der Waals surface area (Å²) < 4.78 is 10.6. The average molecular weight is 352 g/mol. The second-order valence-corrected chi connectivity index (χ2v) is 6.09. The number of piperazine rings is 1. The van der Waals surface area contributed by atoms with E-state index in [9.17, 15) is 4.79 Å². The number of amides is 1. The lowest BCUT2D eigenvalue weighted by atomic mass is 10.2. The number of carbonyl (C=O) groups excluding carboxylic acids is 1. The molecule has 1 aliphatic rings. The highest BCUT2D eigenvalue weighted by atomic mass is 16.5. The fourth-order valence-corrected chi connectivity index (χ4v) is 3.06. The van der Waals surface area contributed by atoms with Gasteiger partial charge >= 0.3 is 0 Å². The van der Waals surface area contributed by atoms with E-state index >= 15 is 0 Å². The molecule has 1 saturated heterocycles. The maximum Gasteiger partial charge on any atom is 0.246 e. The molecule has 0 bridgehead atoms. The van der Waals surface area contributed by atoms with Crippen LogP contribution in [0.2, 0.25) is 0 Å². The Kier molecular flexibility index (Phi) is 5.79. The smallest absolute Gasteiger partial charge is 0.246 e. The fraction of sp³-hybridized carbons (Fsp3) is 0.286. The van der Waals surface area contributed by atoms with Crippen LogP contribution in [0.3, 0.4) is 0 Å². The Labute approximate surface area is 154 Å². The van der Waals surface area contributed by atoms with Gasteiger partial charge in [-0.3, -0.25) is 4.79 Å². The minimum Gasteiger partial charge on any atom is -0.497 e.